The van der Waals surface area contributed by atoms with Gasteiger partial charge < -0.3 is 14.9 Å². The molecule has 2 aromatic heterocycles. The highest BCUT2D eigenvalue weighted by Gasteiger charge is 2.46. The highest BCUT2D eigenvalue weighted by Crippen LogP contribution is 2.39. The number of aromatic nitrogens is 2. The average Bonchev–Trinajstić information content (AvgIpc) is 3.22. The number of fused-ring (bicyclic) bond motifs is 1. The van der Waals surface area contributed by atoms with Crippen LogP contribution in [0, 0.1) is 6.92 Å². The number of aliphatic hydroxyl groups is 1. The quantitative estimate of drug-likeness (QED) is 0.361. The number of benzene rings is 1. The normalized spacial score (nSPS) is 18.5. The van der Waals surface area contributed by atoms with E-state index in [4.69, 9.17) is 0 Å². The highest BCUT2D eigenvalue weighted by molar-refractivity contribution is 6.46. The number of nitrogens with one attached hydrogen (secondary N) is 1. The van der Waals surface area contributed by atoms with Crippen LogP contribution in [0.25, 0.3) is 11.4 Å². The lowest BCUT2D eigenvalue weighted by Crippen LogP contribution is -3.05. The van der Waals surface area contributed by atoms with E-state index in [0.29, 0.717) is 23.6 Å². The van der Waals surface area contributed by atoms with Gasteiger partial charge in [-0.3, -0.25) is 14.0 Å². The number of aliphatic hydroxyl groups excluding tert-OH is 1. The van der Waals surface area contributed by atoms with E-state index in [2.05, 4.69) is 19.1 Å². The summed E-state index contributed by atoms with van der Waals surface area (Å²) in [5, 5.41) is 11.4. The van der Waals surface area contributed by atoms with Gasteiger partial charge in [0, 0.05) is 19.2 Å². The van der Waals surface area contributed by atoms with E-state index in [-0.39, 0.29) is 11.3 Å². The standard InChI is InChI=1S/C24H26N4O3/c1-16-20(27-14-8-7-12-18(27)25-16)22(29)19-21(17-10-5-4-6-11-17)28(24(31)23(19)30)15-9-13-26(2)3/h4-8,10-12,14,21,29H,9,13,15H2,1-3H3/p+1/t21-/m0/s1. The van der Waals surface area contributed by atoms with Crippen LogP contribution in [0.5, 0.6) is 0 Å². The van der Waals surface area contributed by atoms with Crippen LogP contribution in [0.15, 0.2) is 60.3 Å². The van der Waals surface area contributed by atoms with Crippen molar-refractivity contribution < 1.29 is 19.6 Å². The molecule has 160 valence electrons. The van der Waals surface area contributed by atoms with Gasteiger partial charge in [0.25, 0.3) is 11.7 Å². The third-order valence-corrected chi connectivity index (χ3v) is 5.66. The van der Waals surface area contributed by atoms with Crippen LogP contribution in [-0.4, -0.2) is 58.3 Å². The molecule has 1 fully saturated rings. The number of hydrogen-bond donors (Lipinski definition) is 2. The first-order chi connectivity index (χ1) is 14.9. The zero-order valence-electron chi connectivity index (χ0n) is 18.0. The van der Waals surface area contributed by atoms with Crippen LogP contribution >= 0.6 is 0 Å². The summed E-state index contributed by atoms with van der Waals surface area (Å²) in [7, 11) is 4.10. The number of quaternary nitrogens is 1. The average molecular weight is 420 g/mol. The van der Waals surface area contributed by atoms with Crippen LogP contribution < -0.4 is 4.90 Å². The van der Waals surface area contributed by atoms with Crippen molar-refractivity contribution in [1.29, 1.82) is 0 Å². The fourth-order valence-electron chi connectivity index (χ4n) is 4.22. The molecule has 3 heterocycles. The number of aryl methyl sites for hydroxylation is 1. The number of imidazole rings is 1. The van der Waals surface area contributed by atoms with Gasteiger partial charge in [0.2, 0.25) is 0 Å². The molecule has 1 atom stereocenters. The third kappa shape index (κ3) is 3.72. The van der Waals surface area contributed by atoms with Crippen molar-refractivity contribution >= 4 is 23.1 Å². The minimum Gasteiger partial charge on any atom is -0.505 e. The second kappa shape index (κ2) is 8.35. The molecule has 7 nitrogen and oxygen atoms in total. The lowest BCUT2D eigenvalue weighted by atomic mass is 9.96. The van der Waals surface area contributed by atoms with Crippen LogP contribution in [0.4, 0.5) is 0 Å². The number of carbonyl (C=O) groups is 2. The molecular formula is C24H27N4O3+. The minimum absolute atomic E-state index is 0.113. The van der Waals surface area contributed by atoms with Crippen molar-refractivity contribution in [2.24, 2.45) is 0 Å². The summed E-state index contributed by atoms with van der Waals surface area (Å²) in [6.07, 6.45) is 2.55. The third-order valence-electron chi connectivity index (χ3n) is 5.66. The molecule has 1 aromatic carbocycles. The van der Waals surface area contributed by atoms with Gasteiger partial charge in [-0.05, 0) is 24.6 Å². The number of pyridine rings is 1. The Labute approximate surface area is 181 Å². The van der Waals surface area contributed by atoms with Gasteiger partial charge in [-0.2, -0.15) is 0 Å². The van der Waals surface area contributed by atoms with E-state index in [0.717, 1.165) is 18.5 Å². The summed E-state index contributed by atoms with van der Waals surface area (Å²) in [6, 6.07) is 14.3. The summed E-state index contributed by atoms with van der Waals surface area (Å²) in [6.45, 7) is 3.10. The largest absolute Gasteiger partial charge is 0.505 e. The fraction of sp³-hybridized carbons (Fsp3) is 0.292. The Morgan fingerprint density at radius 2 is 1.81 bits per heavy atom. The number of amides is 1. The number of nitrogens with zero attached hydrogens (tertiary/aromatic N) is 3. The topological polar surface area (TPSA) is 79.3 Å². The van der Waals surface area contributed by atoms with Gasteiger partial charge in [0.15, 0.2) is 5.76 Å². The van der Waals surface area contributed by atoms with E-state index in [9.17, 15) is 14.7 Å². The Kier molecular flexibility index (Phi) is 5.61. The number of rotatable bonds is 6. The fourth-order valence-corrected chi connectivity index (χ4v) is 4.22. The zero-order valence-corrected chi connectivity index (χ0v) is 18.0. The second-order valence-corrected chi connectivity index (χ2v) is 8.19. The Morgan fingerprint density at radius 1 is 1.10 bits per heavy atom. The van der Waals surface area contributed by atoms with Crippen LogP contribution in [-0.2, 0) is 9.59 Å². The summed E-state index contributed by atoms with van der Waals surface area (Å²) >= 11 is 0. The molecule has 7 heteroatoms. The van der Waals surface area contributed by atoms with Gasteiger partial charge in [-0.25, -0.2) is 4.98 Å². The Morgan fingerprint density at radius 3 is 2.52 bits per heavy atom. The van der Waals surface area contributed by atoms with Gasteiger partial charge in [-0.1, -0.05) is 36.4 Å². The highest BCUT2D eigenvalue weighted by atomic mass is 16.3. The lowest BCUT2D eigenvalue weighted by molar-refractivity contribution is -0.858. The molecule has 4 rings (SSSR count). The van der Waals surface area contributed by atoms with Gasteiger partial charge >= 0.3 is 0 Å². The van der Waals surface area contributed by atoms with Crippen LogP contribution in [0.1, 0.15) is 29.4 Å². The summed E-state index contributed by atoms with van der Waals surface area (Å²) in [4.78, 5) is 33.5. The first-order valence-electron chi connectivity index (χ1n) is 10.5. The number of likely N-dealkylation sites (tertiary alicyclic amines) is 1. The number of hydrogen-bond acceptors (Lipinski definition) is 4. The molecule has 1 aliphatic rings. The molecule has 0 radical (unpaired) electrons. The van der Waals surface area contributed by atoms with Crippen molar-refractivity contribution in [3.05, 3.63) is 77.3 Å². The smallest absolute Gasteiger partial charge is 0.295 e. The molecule has 1 saturated heterocycles. The minimum atomic E-state index is -0.658. The Balaban J connectivity index is 1.86. The summed E-state index contributed by atoms with van der Waals surface area (Å²) in [5.74, 6) is -1.42. The zero-order chi connectivity index (χ0) is 22.1. The van der Waals surface area contributed by atoms with Crippen molar-refractivity contribution in [1.82, 2.24) is 14.3 Å². The van der Waals surface area contributed by atoms with E-state index < -0.39 is 17.7 Å². The van der Waals surface area contributed by atoms with E-state index in [1.54, 1.807) is 22.4 Å². The molecule has 0 bridgehead atoms. The Hall–Kier alpha value is -3.45. The van der Waals surface area contributed by atoms with Gasteiger partial charge in [0.1, 0.15) is 11.3 Å². The molecule has 2 N–H and O–H groups in total. The lowest BCUT2D eigenvalue weighted by Gasteiger charge is -2.25. The van der Waals surface area contributed by atoms with Crippen LogP contribution in [0.2, 0.25) is 0 Å². The molecular weight excluding hydrogens is 392 g/mol. The predicted octanol–water partition coefficient (Wildman–Crippen LogP) is 1.60. The predicted molar refractivity (Wildman–Crippen MR) is 118 cm³/mol. The number of ketones is 1. The molecule has 1 aliphatic heterocycles. The van der Waals surface area contributed by atoms with E-state index in [1.165, 1.54) is 4.90 Å². The van der Waals surface area contributed by atoms with Crippen molar-refractivity contribution in [2.75, 3.05) is 27.2 Å². The first kappa shape index (κ1) is 20.8. The number of carbonyl (C=O) groups excluding carboxylic acids is 2. The Bertz CT molecular complexity index is 1160. The summed E-state index contributed by atoms with van der Waals surface area (Å²) in [5.41, 5.74) is 2.61. The molecule has 0 aliphatic carbocycles. The van der Waals surface area contributed by atoms with E-state index in [1.807, 2.05) is 48.5 Å². The molecule has 0 spiro atoms. The maximum Gasteiger partial charge on any atom is 0.295 e. The molecule has 0 unspecified atom stereocenters. The second-order valence-electron chi connectivity index (χ2n) is 8.19. The van der Waals surface area contributed by atoms with Crippen molar-refractivity contribution in [3.63, 3.8) is 0 Å². The van der Waals surface area contributed by atoms with Crippen molar-refractivity contribution in [2.45, 2.75) is 19.4 Å². The van der Waals surface area contributed by atoms with Crippen molar-refractivity contribution in [3.8, 4) is 0 Å². The SMILES string of the molecule is Cc1nc2ccccn2c1C(O)=C1C(=O)C(=O)N(CCC[NH+](C)C)[C@H]1c1ccccc1. The van der Waals surface area contributed by atoms with Gasteiger partial charge in [0.05, 0.1) is 37.9 Å². The van der Waals surface area contributed by atoms with E-state index >= 15 is 0 Å². The summed E-state index contributed by atoms with van der Waals surface area (Å²) < 4.78 is 1.75. The molecule has 3 aromatic rings. The molecule has 0 saturated carbocycles. The van der Waals surface area contributed by atoms with Crippen LogP contribution in [0.3, 0.4) is 0 Å². The molecule has 1 amide bonds. The maximum atomic E-state index is 13.1. The monoisotopic (exact) mass is 419 g/mol. The first-order valence-corrected chi connectivity index (χ1v) is 10.5. The molecule has 31 heavy (non-hydrogen) atoms. The maximum absolute atomic E-state index is 13.1. The van der Waals surface area contributed by atoms with Gasteiger partial charge in [-0.15, -0.1) is 0 Å². The number of Topliss-reactive ketones (excluding diaryl/α,β-unsaturated/α-hetero) is 1.